The lowest BCUT2D eigenvalue weighted by Crippen LogP contribution is -2.40. The van der Waals surface area contributed by atoms with E-state index >= 15 is 0 Å². The number of rotatable bonds is 5. The van der Waals surface area contributed by atoms with Crippen molar-refractivity contribution >= 4 is 16.9 Å². The van der Waals surface area contributed by atoms with E-state index < -0.39 is 12.1 Å². The zero-order valence-electron chi connectivity index (χ0n) is 16.3. The lowest BCUT2D eigenvalue weighted by atomic mass is 9.94. The van der Waals surface area contributed by atoms with E-state index in [2.05, 4.69) is 30.2 Å². The molecule has 30 heavy (non-hydrogen) atoms. The lowest BCUT2D eigenvalue weighted by molar-refractivity contribution is -0.192. The molecule has 0 saturated heterocycles. The van der Waals surface area contributed by atoms with Crippen molar-refractivity contribution < 1.29 is 27.5 Å². The molecule has 0 aliphatic carbocycles. The van der Waals surface area contributed by atoms with Crippen molar-refractivity contribution in [1.29, 1.82) is 5.26 Å². The van der Waals surface area contributed by atoms with Gasteiger partial charge in [-0.1, -0.05) is 12.1 Å². The Balaban J connectivity index is 0.000000396. The van der Waals surface area contributed by atoms with Gasteiger partial charge in [0.15, 0.2) is 0 Å². The number of carboxylic acids is 1. The highest BCUT2D eigenvalue weighted by molar-refractivity contribution is 5.76. The van der Waals surface area contributed by atoms with Crippen LogP contribution in [-0.4, -0.2) is 27.8 Å². The molecule has 2 N–H and O–H groups in total. The van der Waals surface area contributed by atoms with E-state index in [-0.39, 0.29) is 5.54 Å². The number of hydrogen-bond donors (Lipinski definition) is 2. The molecule has 158 valence electrons. The van der Waals surface area contributed by atoms with Gasteiger partial charge >= 0.3 is 12.1 Å². The van der Waals surface area contributed by atoms with Gasteiger partial charge in [0.05, 0.1) is 18.2 Å². The maximum Gasteiger partial charge on any atom is 0.490 e. The minimum atomic E-state index is -5.08. The van der Waals surface area contributed by atoms with E-state index in [0.29, 0.717) is 12.1 Å². The maximum atomic E-state index is 10.6. The van der Waals surface area contributed by atoms with E-state index in [4.69, 9.17) is 19.6 Å². The largest absolute Gasteiger partial charge is 0.490 e. The first kappa shape index (κ1) is 22.9. The van der Waals surface area contributed by atoms with Gasteiger partial charge in [0.1, 0.15) is 11.3 Å². The molecule has 0 atom stereocenters. The third kappa shape index (κ3) is 6.90. The highest BCUT2D eigenvalue weighted by Gasteiger charge is 2.38. The predicted molar refractivity (Wildman–Crippen MR) is 103 cm³/mol. The smallest absolute Gasteiger partial charge is 0.475 e. The molecule has 3 aromatic rings. The average Bonchev–Trinajstić information content (AvgIpc) is 3.10. The normalized spacial score (nSPS) is 11.5. The number of furan rings is 1. The number of pyridine rings is 1. The molecule has 0 unspecified atom stereocenters. The summed E-state index contributed by atoms with van der Waals surface area (Å²) in [7, 11) is 0. The fourth-order valence-electron chi connectivity index (χ4n) is 2.62. The van der Waals surface area contributed by atoms with Crippen LogP contribution in [-0.2, 0) is 17.8 Å². The number of hydrogen-bond acceptors (Lipinski definition) is 5. The number of carbonyl (C=O) groups is 1. The van der Waals surface area contributed by atoms with Crippen LogP contribution in [0.15, 0.2) is 53.2 Å². The maximum absolute atomic E-state index is 10.6. The molecule has 6 nitrogen and oxygen atoms in total. The van der Waals surface area contributed by atoms with Crippen molar-refractivity contribution in [3.8, 4) is 6.07 Å². The van der Waals surface area contributed by atoms with Crippen molar-refractivity contribution in [2.24, 2.45) is 0 Å². The second-order valence-electron chi connectivity index (χ2n) is 7.15. The van der Waals surface area contributed by atoms with E-state index in [1.807, 2.05) is 42.6 Å². The number of nitrogens with zero attached hydrogens (tertiary/aromatic N) is 2. The highest BCUT2D eigenvalue weighted by atomic mass is 19.4. The molecular formula is C21H20F3N3O3. The van der Waals surface area contributed by atoms with Crippen molar-refractivity contribution in [3.05, 3.63) is 65.7 Å². The summed E-state index contributed by atoms with van der Waals surface area (Å²) in [6.45, 7) is 4.99. The number of halogens is 3. The van der Waals surface area contributed by atoms with Gasteiger partial charge < -0.3 is 14.8 Å². The molecule has 0 radical (unpaired) electrons. The topological polar surface area (TPSA) is 99.2 Å². The van der Waals surface area contributed by atoms with Gasteiger partial charge in [-0.15, -0.1) is 0 Å². The Morgan fingerprint density at radius 1 is 1.23 bits per heavy atom. The van der Waals surface area contributed by atoms with Crippen LogP contribution in [0.3, 0.4) is 0 Å². The predicted octanol–water partition coefficient (Wildman–Crippen LogP) is 4.44. The van der Waals surface area contributed by atoms with E-state index in [1.54, 1.807) is 6.20 Å². The molecular weight excluding hydrogens is 399 g/mol. The Labute approximate surface area is 171 Å². The first-order valence-corrected chi connectivity index (χ1v) is 8.87. The summed E-state index contributed by atoms with van der Waals surface area (Å²) in [6, 6.07) is 13.8. The molecule has 0 amide bonds. The number of nitrogens with one attached hydrogen (secondary N) is 1. The standard InChI is InChI=1S/C19H19N3O.C2HF3O2/c1-19(2,10-14-3-5-15(11-20)6-4-14)22-13-17-9-16-12-21-8-7-18(16)23-17;3-2(4,5)1(6)7/h3-9,12,22H,10,13H2,1-2H3;(H,6,7). The second kappa shape index (κ2) is 9.41. The van der Waals surface area contributed by atoms with Crippen LogP contribution in [0.5, 0.6) is 0 Å². The molecule has 9 heteroatoms. The van der Waals surface area contributed by atoms with Crippen LogP contribution in [0.1, 0.15) is 30.7 Å². The van der Waals surface area contributed by atoms with Crippen LogP contribution in [0, 0.1) is 11.3 Å². The Hall–Kier alpha value is -3.38. The number of fused-ring (bicyclic) bond motifs is 1. The summed E-state index contributed by atoms with van der Waals surface area (Å²) in [4.78, 5) is 13.0. The number of carboxylic acid groups (broad SMARTS) is 1. The van der Waals surface area contributed by atoms with Gasteiger partial charge in [-0.3, -0.25) is 4.98 Å². The lowest BCUT2D eigenvalue weighted by Gasteiger charge is -2.26. The number of benzene rings is 1. The molecule has 0 fully saturated rings. The summed E-state index contributed by atoms with van der Waals surface area (Å²) < 4.78 is 37.5. The van der Waals surface area contributed by atoms with Gasteiger partial charge in [0, 0.05) is 23.3 Å². The summed E-state index contributed by atoms with van der Waals surface area (Å²) >= 11 is 0. The summed E-state index contributed by atoms with van der Waals surface area (Å²) in [5.41, 5.74) is 2.68. The third-order valence-corrected chi connectivity index (χ3v) is 4.08. The number of aliphatic carboxylic acids is 1. The average molecular weight is 419 g/mol. The SMILES string of the molecule is CC(C)(Cc1ccc(C#N)cc1)NCc1cc2cnccc2o1.O=C(O)C(F)(F)F. The molecule has 0 aliphatic rings. The van der Waals surface area contributed by atoms with Crippen LogP contribution < -0.4 is 5.32 Å². The Kier molecular flexibility index (Phi) is 7.19. The van der Waals surface area contributed by atoms with Gasteiger partial charge in [-0.05, 0) is 50.1 Å². The number of nitriles is 1. The zero-order valence-corrected chi connectivity index (χ0v) is 16.3. The second-order valence-corrected chi connectivity index (χ2v) is 7.15. The van der Waals surface area contributed by atoms with Crippen molar-refractivity contribution in [2.45, 2.75) is 38.5 Å². The minimum Gasteiger partial charge on any atom is -0.475 e. The quantitative estimate of drug-likeness (QED) is 0.634. The van der Waals surface area contributed by atoms with E-state index in [9.17, 15) is 13.2 Å². The first-order valence-electron chi connectivity index (χ1n) is 8.87. The van der Waals surface area contributed by atoms with Gasteiger partial charge in [0.2, 0.25) is 0 Å². The number of alkyl halides is 3. The Morgan fingerprint density at radius 3 is 2.40 bits per heavy atom. The third-order valence-electron chi connectivity index (χ3n) is 4.08. The molecule has 0 aliphatic heterocycles. The number of aromatic nitrogens is 1. The molecule has 1 aromatic carbocycles. The summed E-state index contributed by atoms with van der Waals surface area (Å²) in [6.07, 6.45) is -0.664. The fraction of sp³-hybridized carbons (Fsp3) is 0.286. The van der Waals surface area contributed by atoms with E-state index in [0.717, 1.165) is 23.2 Å². The van der Waals surface area contributed by atoms with E-state index in [1.165, 1.54) is 5.56 Å². The van der Waals surface area contributed by atoms with Crippen LogP contribution in [0.2, 0.25) is 0 Å². The zero-order chi connectivity index (χ0) is 22.4. The molecule has 3 rings (SSSR count). The van der Waals surface area contributed by atoms with Gasteiger partial charge in [-0.2, -0.15) is 18.4 Å². The minimum absolute atomic E-state index is 0.0780. The Bertz CT molecular complexity index is 1000. The van der Waals surface area contributed by atoms with Crippen molar-refractivity contribution in [2.75, 3.05) is 0 Å². The first-order chi connectivity index (χ1) is 14.0. The molecule has 0 bridgehead atoms. The van der Waals surface area contributed by atoms with Crippen LogP contribution >= 0.6 is 0 Å². The fourth-order valence-corrected chi connectivity index (χ4v) is 2.62. The highest BCUT2D eigenvalue weighted by Crippen LogP contribution is 2.19. The summed E-state index contributed by atoms with van der Waals surface area (Å²) in [5, 5.41) is 20.5. The van der Waals surface area contributed by atoms with Crippen molar-refractivity contribution in [1.82, 2.24) is 10.3 Å². The van der Waals surface area contributed by atoms with Crippen molar-refractivity contribution in [3.63, 3.8) is 0 Å². The van der Waals surface area contributed by atoms with Gasteiger partial charge in [0.25, 0.3) is 0 Å². The van der Waals surface area contributed by atoms with Crippen LogP contribution in [0.25, 0.3) is 11.0 Å². The molecule has 2 heterocycles. The monoisotopic (exact) mass is 419 g/mol. The molecule has 0 spiro atoms. The van der Waals surface area contributed by atoms with Crippen LogP contribution in [0.4, 0.5) is 13.2 Å². The Morgan fingerprint density at radius 2 is 1.87 bits per heavy atom. The summed E-state index contributed by atoms with van der Waals surface area (Å²) in [5.74, 6) is -1.85. The molecule has 2 aromatic heterocycles. The van der Waals surface area contributed by atoms with Gasteiger partial charge in [-0.25, -0.2) is 4.79 Å². The molecule has 0 saturated carbocycles.